The molecule has 0 bridgehead atoms. The van der Waals surface area contributed by atoms with Crippen molar-refractivity contribution >= 4 is 17.5 Å². The van der Waals surface area contributed by atoms with Crippen molar-refractivity contribution in [3.05, 3.63) is 54.2 Å². The fourth-order valence-corrected chi connectivity index (χ4v) is 4.75. The van der Waals surface area contributed by atoms with Gasteiger partial charge in [0, 0.05) is 37.6 Å². The lowest BCUT2D eigenvalue weighted by molar-refractivity contribution is 0.146. The molecule has 0 aliphatic carbocycles. The molecule has 2 amide bonds. The van der Waals surface area contributed by atoms with Crippen LogP contribution in [-0.2, 0) is 0 Å². The number of urea groups is 1. The summed E-state index contributed by atoms with van der Waals surface area (Å²) >= 11 is 0. The molecule has 2 fully saturated rings. The number of piperidine rings is 1. The zero-order chi connectivity index (χ0) is 20.8. The minimum absolute atomic E-state index is 0.0317. The van der Waals surface area contributed by atoms with Gasteiger partial charge in [-0.15, -0.1) is 0 Å². The standard InChI is InChI=1S/C24H29N5O/c25-17-19-10-11-23(26-18-19)28-15-12-20(13-16-28)22-9-5-2-6-14-29(22)24(30)27-21-7-3-1-4-8-21/h1,3-4,7-8,10-11,18,20,22H,2,5-6,9,12-16H2,(H,27,30)/t22-/m1/s1. The number of nitrogens with one attached hydrogen (secondary N) is 1. The smallest absolute Gasteiger partial charge is 0.322 e. The van der Waals surface area contributed by atoms with Crippen LogP contribution in [0.5, 0.6) is 0 Å². The molecular formula is C24H29N5O. The van der Waals surface area contributed by atoms with Crippen LogP contribution >= 0.6 is 0 Å². The summed E-state index contributed by atoms with van der Waals surface area (Å²) in [6.45, 7) is 2.71. The third-order valence-electron chi connectivity index (χ3n) is 6.37. The van der Waals surface area contributed by atoms with Crippen LogP contribution in [0, 0.1) is 17.2 Å². The molecule has 4 rings (SSSR count). The molecule has 2 saturated heterocycles. The number of pyridine rings is 1. The summed E-state index contributed by atoms with van der Waals surface area (Å²) in [6, 6.07) is 15.9. The molecule has 1 atom stereocenters. The van der Waals surface area contributed by atoms with E-state index >= 15 is 0 Å². The van der Waals surface area contributed by atoms with E-state index in [1.54, 1.807) is 6.20 Å². The molecule has 156 valence electrons. The van der Waals surface area contributed by atoms with Crippen molar-refractivity contribution in [2.75, 3.05) is 29.9 Å². The van der Waals surface area contributed by atoms with Crippen LogP contribution in [0.1, 0.15) is 44.1 Å². The van der Waals surface area contributed by atoms with Crippen molar-refractivity contribution in [3.63, 3.8) is 0 Å². The molecule has 6 heteroatoms. The second kappa shape index (κ2) is 9.62. The highest BCUT2D eigenvalue weighted by Crippen LogP contribution is 2.31. The van der Waals surface area contributed by atoms with Gasteiger partial charge in [-0.1, -0.05) is 31.0 Å². The van der Waals surface area contributed by atoms with E-state index in [0.717, 1.165) is 56.8 Å². The van der Waals surface area contributed by atoms with Crippen molar-refractivity contribution < 1.29 is 4.79 Å². The first-order chi connectivity index (χ1) is 14.7. The van der Waals surface area contributed by atoms with Gasteiger partial charge in [0.1, 0.15) is 11.9 Å². The number of nitrogens with zero attached hydrogens (tertiary/aromatic N) is 4. The van der Waals surface area contributed by atoms with E-state index in [9.17, 15) is 4.79 Å². The van der Waals surface area contributed by atoms with Crippen LogP contribution in [0.15, 0.2) is 48.7 Å². The van der Waals surface area contributed by atoms with Crippen molar-refractivity contribution in [1.82, 2.24) is 9.88 Å². The van der Waals surface area contributed by atoms with E-state index in [1.165, 1.54) is 12.8 Å². The topological polar surface area (TPSA) is 72.3 Å². The first-order valence-electron chi connectivity index (χ1n) is 11.0. The molecule has 30 heavy (non-hydrogen) atoms. The molecule has 2 aromatic rings. The van der Waals surface area contributed by atoms with Crippen LogP contribution in [0.25, 0.3) is 0 Å². The number of nitriles is 1. The van der Waals surface area contributed by atoms with Crippen molar-refractivity contribution in [2.24, 2.45) is 5.92 Å². The molecule has 0 spiro atoms. The van der Waals surface area contributed by atoms with Gasteiger partial charge in [-0.3, -0.25) is 0 Å². The average Bonchev–Trinajstić information content (AvgIpc) is 3.06. The first-order valence-corrected chi connectivity index (χ1v) is 11.0. The van der Waals surface area contributed by atoms with Gasteiger partial charge in [-0.05, 0) is 55.9 Å². The second-order valence-electron chi connectivity index (χ2n) is 8.25. The molecule has 0 saturated carbocycles. The van der Waals surface area contributed by atoms with E-state index in [0.29, 0.717) is 17.5 Å². The normalized spacial score (nSPS) is 20.3. The number of anilines is 2. The zero-order valence-corrected chi connectivity index (χ0v) is 17.3. The largest absolute Gasteiger partial charge is 0.357 e. The number of aromatic nitrogens is 1. The zero-order valence-electron chi connectivity index (χ0n) is 17.3. The van der Waals surface area contributed by atoms with Gasteiger partial charge in [-0.25, -0.2) is 9.78 Å². The molecule has 1 aromatic heterocycles. The van der Waals surface area contributed by atoms with Crippen molar-refractivity contribution in [3.8, 4) is 6.07 Å². The van der Waals surface area contributed by atoms with E-state index in [4.69, 9.17) is 5.26 Å². The van der Waals surface area contributed by atoms with Crippen LogP contribution in [-0.4, -0.2) is 41.6 Å². The van der Waals surface area contributed by atoms with E-state index in [-0.39, 0.29) is 6.03 Å². The lowest BCUT2D eigenvalue weighted by Crippen LogP contribution is -2.49. The number of hydrogen-bond acceptors (Lipinski definition) is 4. The van der Waals surface area contributed by atoms with Crippen LogP contribution in [0.3, 0.4) is 0 Å². The molecule has 6 nitrogen and oxygen atoms in total. The quantitative estimate of drug-likeness (QED) is 0.810. The number of benzene rings is 1. The minimum atomic E-state index is 0.0317. The Morgan fingerprint density at radius 2 is 1.80 bits per heavy atom. The van der Waals surface area contributed by atoms with E-state index in [1.807, 2.05) is 42.5 Å². The van der Waals surface area contributed by atoms with E-state index < -0.39 is 0 Å². The highest BCUT2D eigenvalue weighted by Gasteiger charge is 2.34. The monoisotopic (exact) mass is 403 g/mol. The highest BCUT2D eigenvalue weighted by molar-refractivity contribution is 5.89. The van der Waals surface area contributed by atoms with Crippen LogP contribution in [0.4, 0.5) is 16.3 Å². The predicted molar refractivity (Wildman–Crippen MR) is 118 cm³/mol. The number of carbonyl (C=O) groups is 1. The summed E-state index contributed by atoms with van der Waals surface area (Å²) in [4.78, 5) is 21.9. The number of likely N-dealkylation sites (tertiary alicyclic amines) is 1. The number of amides is 2. The molecular weight excluding hydrogens is 374 g/mol. The maximum atomic E-state index is 13.1. The summed E-state index contributed by atoms with van der Waals surface area (Å²) in [6.07, 6.45) is 8.30. The summed E-state index contributed by atoms with van der Waals surface area (Å²) in [5, 5.41) is 12.1. The fourth-order valence-electron chi connectivity index (χ4n) is 4.75. The van der Waals surface area contributed by atoms with Gasteiger partial charge in [0.2, 0.25) is 0 Å². The van der Waals surface area contributed by atoms with Crippen LogP contribution in [0.2, 0.25) is 0 Å². The Labute approximate surface area is 178 Å². The summed E-state index contributed by atoms with van der Waals surface area (Å²) in [7, 11) is 0. The molecule has 2 aliphatic heterocycles. The molecule has 1 N–H and O–H groups in total. The Morgan fingerprint density at radius 3 is 2.50 bits per heavy atom. The van der Waals surface area contributed by atoms with Gasteiger partial charge >= 0.3 is 6.03 Å². The SMILES string of the molecule is N#Cc1ccc(N2CCC([C@H]3CCCCCN3C(=O)Nc3ccccc3)CC2)nc1. The van der Waals surface area contributed by atoms with Gasteiger partial charge in [0.05, 0.1) is 5.56 Å². The number of hydrogen-bond donors (Lipinski definition) is 1. The summed E-state index contributed by atoms with van der Waals surface area (Å²) in [5.74, 6) is 1.45. The predicted octanol–water partition coefficient (Wildman–Crippen LogP) is 4.65. The molecule has 1 aromatic carbocycles. The van der Waals surface area contributed by atoms with Gasteiger partial charge < -0.3 is 15.1 Å². The first kappa shape index (κ1) is 20.2. The molecule has 0 radical (unpaired) electrons. The average molecular weight is 404 g/mol. The van der Waals surface area contributed by atoms with Crippen LogP contribution < -0.4 is 10.2 Å². The highest BCUT2D eigenvalue weighted by atomic mass is 16.2. The maximum absolute atomic E-state index is 13.1. The van der Waals surface area contributed by atoms with E-state index in [2.05, 4.69) is 26.2 Å². The summed E-state index contributed by atoms with van der Waals surface area (Å²) in [5.41, 5.74) is 1.44. The Morgan fingerprint density at radius 1 is 1.00 bits per heavy atom. The molecule has 3 heterocycles. The lowest BCUT2D eigenvalue weighted by atomic mass is 9.86. The van der Waals surface area contributed by atoms with Gasteiger partial charge in [-0.2, -0.15) is 5.26 Å². The third kappa shape index (κ3) is 4.73. The number of para-hydroxylation sites is 1. The lowest BCUT2D eigenvalue weighted by Gasteiger charge is -2.41. The van der Waals surface area contributed by atoms with Gasteiger partial charge in [0.15, 0.2) is 0 Å². The maximum Gasteiger partial charge on any atom is 0.322 e. The number of rotatable bonds is 3. The second-order valence-corrected chi connectivity index (χ2v) is 8.25. The fraction of sp³-hybridized carbons (Fsp3) is 0.458. The Kier molecular flexibility index (Phi) is 6.48. The molecule has 2 aliphatic rings. The Hall–Kier alpha value is -3.07. The van der Waals surface area contributed by atoms with Gasteiger partial charge in [0.25, 0.3) is 0 Å². The van der Waals surface area contributed by atoms with Crippen molar-refractivity contribution in [2.45, 2.75) is 44.6 Å². The Balaban J connectivity index is 1.40. The van der Waals surface area contributed by atoms with Crippen molar-refractivity contribution in [1.29, 1.82) is 5.26 Å². The third-order valence-corrected chi connectivity index (χ3v) is 6.37. The molecule has 0 unspecified atom stereocenters. The summed E-state index contributed by atoms with van der Waals surface area (Å²) < 4.78 is 0. The minimum Gasteiger partial charge on any atom is -0.357 e. The number of carbonyl (C=O) groups excluding carboxylic acids is 1. The Bertz CT molecular complexity index is 869.